The molecule has 2 rings (SSSR count). The Bertz CT molecular complexity index is 532. The summed E-state index contributed by atoms with van der Waals surface area (Å²) in [5, 5.41) is 21.8. The van der Waals surface area contributed by atoms with E-state index in [0.717, 1.165) is 12.8 Å². The molecule has 3 N–H and O–H groups in total. The maximum Gasteiger partial charge on any atom is 0.306 e. The van der Waals surface area contributed by atoms with Crippen molar-refractivity contribution in [3.05, 3.63) is 28.8 Å². The van der Waals surface area contributed by atoms with E-state index in [2.05, 4.69) is 5.32 Å². The first-order valence-corrected chi connectivity index (χ1v) is 6.87. The van der Waals surface area contributed by atoms with Crippen LogP contribution in [0.25, 0.3) is 0 Å². The molecule has 108 valence electrons. The third kappa shape index (κ3) is 3.42. The highest BCUT2D eigenvalue weighted by atomic mass is 35.5. The fraction of sp³-hybridized carbons (Fsp3) is 0.429. The molecule has 1 saturated carbocycles. The highest BCUT2D eigenvalue weighted by molar-refractivity contribution is 6.30. The van der Waals surface area contributed by atoms with Crippen LogP contribution in [0.3, 0.4) is 0 Å². The Balaban J connectivity index is 2.02. The SMILES string of the molecule is O=C(NC1CCCC(C(=O)O)C1)c1ccc(Cl)cc1O. The summed E-state index contributed by atoms with van der Waals surface area (Å²) in [4.78, 5) is 23.0. The number of hydrogen-bond acceptors (Lipinski definition) is 3. The maximum atomic E-state index is 12.1. The molecule has 0 aliphatic heterocycles. The van der Waals surface area contributed by atoms with Gasteiger partial charge in [0, 0.05) is 11.1 Å². The van der Waals surface area contributed by atoms with Crippen molar-refractivity contribution in [2.45, 2.75) is 31.7 Å². The second-order valence-corrected chi connectivity index (χ2v) is 5.47. The zero-order valence-corrected chi connectivity index (χ0v) is 11.6. The Morgan fingerprint density at radius 3 is 2.70 bits per heavy atom. The van der Waals surface area contributed by atoms with Crippen LogP contribution < -0.4 is 5.32 Å². The number of amides is 1. The first-order valence-electron chi connectivity index (χ1n) is 6.49. The molecule has 2 unspecified atom stereocenters. The number of carboxylic acid groups (broad SMARTS) is 1. The lowest BCUT2D eigenvalue weighted by molar-refractivity contribution is -0.143. The Hall–Kier alpha value is -1.75. The van der Waals surface area contributed by atoms with Crippen molar-refractivity contribution in [3.63, 3.8) is 0 Å². The van der Waals surface area contributed by atoms with Crippen molar-refractivity contribution in [1.29, 1.82) is 0 Å². The average molecular weight is 298 g/mol. The van der Waals surface area contributed by atoms with Crippen LogP contribution in [0.2, 0.25) is 5.02 Å². The molecule has 0 aromatic heterocycles. The Morgan fingerprint density at radius 1 is 1.30 bits per heavy atom. The van der Waals surface area contributed by atoms with Gasteiger partial charge in [0.05, 0.1) is 11.5 Å². The first kappa shape index (κ1) is 14.7. The van der Waals surface area contributed by atoms with Crippen LogP contribution in [0.5, 0.6) is 5.75 Å². The molecular formula is C14H16ClNO4. The van der Waals surface area contributed by atoms with Crippen LogP contribution in [-0.2, 0) is 4.79 Å². The van der Waals surface area contributed by atoms with Gasteiger partial charge in [-0.2, -0.15) is 0 Å². The van der Waals surface area contributed by atoms with Crippen LogP contribution in [-0.4, -0.2) is 28.1 Å². The predicted octanol–water partition coefficient (Wildman–Crippen LogP) is 2.42. The highest BCUT2D eigenvalue weighted by Crippen LogP contribution is 2.26. The number of phenols is 1. The van der Waals surface area contributed by atoms with Gasteiger partial charge >= 0.3 is 5.97 Å². The minimum atomic E-state index is -0.821. The van der Waals surface area contributed by atoms with Crippen molar-refractivity contribution < 1.29 is 19.8 Å². The van der Waals surface area contributed by atoms with Crippen LogP contribution in [0.1, 0.15) is 36.0 Å². The predicted molar refractivity (Wildman–Crippen MR) is 74.0 cm³/mol. The van der Waals surface area contributed by atoms with Gasteiger partial charge in [-0.3, -0.25) is 9.59 Å². The van der Waals surface area contributed by atoms with E-state index in [0.29, 0.717) is 17.9 Å². The molecule has 0 heterocycles. The van der Waals surface area contributed by atoms with Crippen LogP contribution in [0.4, 0.5) is 0 Å². The van der Waals surface area contributed by atoms with Crippen LogP contribution in [0, 0.1) is 5.92 Å². The lowest BCUT2D eigenvalue weighted by Crippen LogP contribution is -2.39. The summed E-state index contributed by atoms with van der Waals surface area (Å²) in [7, 11) is 0. The van der Waals surface area contributed by atoms with Gasteiger partial charge in [0.2, 0.25) is 0 Å². The van der Waals surface area contributed by atoms with Crippen molar-refractivity contribution in [2.24, 2.45) is 5.92 Å². The number of aromatic hydroxyl groups is 1. The summed E-state index contributed by atoms with van der Waals surface area (Å²) in [5.74, 6) is -1.82. The second kappa shape index (κ2) is 6.13. The molecule has 2 atom stereocenters. The zero-order valence-electron chi connectivity index (χ0n) is 10.8. The van der Waals surface area contributed by atoms with Crippen molar-refractivity contribution in [3.8, 4) is 5.75 Å². The third-order valence-electron chi connectivity index (χ3n) is 3.56. The number of halogens is 1. The molecule has 1 aromatic carbocycles. The molecule has 0 radical (unpaired) electrons. The molecule has 5 nitrogen and oxygen atoms in total. The fourth-order valence-corrected chi connectivity index (χ4v) is 2.67. The molecule has 0 bridgehead atoms. The monoisotopic (exact) mass is 297 g/mol. The Labute approximate surface area is 121 Å². The molecule has 6 heteroatoms. The van der Waals surface area contributed by atoms with Gasteiger partial charge in [0.1, 0.15) is 5.75 Å². The third-order valence-corrected chi connectivity index (χ3v) is 3.80. The summed E-state index contributed by atoms with van der Waals surface area (Å²) in [5.41, 5.74) is 0.145. The maximum absolute atomic E-state index is 12.1. The number of hydrogen-bond donors (Lipinski definition) is 3. The standard InChI is InChI=1S/C14H16ClNO4/c15-9-4-5-11(12(17)7-9)13(18)16-10-3-1-2-8(6-10)14(19)20/h4-5,7-8,10,17H,1-3,6H2,(H,16,18)(H,19,20). The van der Waals surface area contributed by atoms with Gasteiger partial charge in [-0.15, -0.1) is 0 Å². The lowest BCUT2D eigenvalue weighted by Gasteiger charge is -2.27. The topological polar surface area (TPSA) is 86.6 Å². The van der Waals surface area contributed by atoms with E-state index in [1.165, 1.54) is 18.2 Å². The number of benzene rings is 1. The number of carbonyl (C=O) groups is 2. The minimum absolute atomic E-state index is 0.145. The lowest BCUT2D eigenvalue weighted by atomic mass is 9.85. The van der Waals surface area contributed by atoms with Gasteiger partial charge in [-0.25, -0.2) is 0 Å². The molecule has 1 aromatic rings. The van der Waals surface area contributed by atoms with Gasteiger partial charge in [-0.05, 0) is 37.5 Å². The number of rotatable bonds is 3. The minimum Gasteiger partial charge on any atom is -0.507 e. The summed E-state index contributed by atoms with van der Waals surface area (Å²) < 4.78 is 0. The highest BCUT2D eigenvalue weighted by Gasteiger charge is 2.28. The van der Waals surface area contributed by atoms with E-state index in [-0.39, 0.29) is 17.4 Å². The zero-order chi connectivity index (χ0) is 14.7. The second-order valence-electron chi connectivity index (χ2n) is 5.03. The summed E-state index contributed by atoms with van der Waals surface area (Å²) in [6.07, 6.45) is 2.60. The molecule has 1 aliphatic rings. The quantitative estimate of drug-likeness (QED) is 0.799. The van der Waals surface area contributed by atoms with Crippen LogP contribution >= 0.6 is 11.6 Å². The Kier molecular flexibility index (Phi) is 4.49. The van der Waals surface area contributed by atoms with E-state index >= 15 is 0 Å². The Morgan fingerprint density at radius 2 is 2.05 bits per heavy atom. The first-order chi connectivity index (χ1) is 9.47. The van der Waals surface area contributed by atoms with E-state index in [1.54, 1.807) is 0 Å². The number of nitrogens with one attached hydrogen (secondary N) is 1. The van der Waals surface area contributed by atoms with Gasteiger partial charge in [0.15, 0.2) is 0 Å². The molecule has 0 spiro atoms. The largest absolute Gasteiger partial charge is 0.507 e. The molecule has 1 aliphatic carbocycles. The van der Waals surface area contributed by atoms with Crippen molar-refractivity contribution in [1.82, 2.24) is 5.32 Å². The van der Waals surface area contributed by atoms with Gasteiger partial charge in [-0.1, -0.05) is 18.0 Å². The van der Waals surface area contributed by atoms with E-state index in [4.69, 9.17) is 16.7 Å². The molecule has 1 fully saturated rings. The summed E-state index contributed by atoms with van der Waals surface area (Å²) in [6.45, 7) is 0. The van der Waals surface area contributed by atoms with E-state index in [9.17, 15) is 14.7 Å². The van der Waals surface area contributed by atoms with Crippen LogP contribution in [0.15, 0.2) is 18.2 Å². The number of carbonyl (C=O) groups excluding carboxylic acids is 1. The van der Waals surface area contributed by atoms with Gasteiger partial charge < -0.3 is 15.5 Å². The number of phenolic OH excluding ortho intramolecular Hbond substituents is 1. The van der Waals surface area contributed by atoms with E-state index in [1.807, 2.05) is 0 Å². The summed E-state index contributed by atoms with van der Waals surface area (Å²) in [6, 6.07) is 4.10. The van der Waals surface area contributed by atoms with Gasteiger partial charge in [0.25, 0.3) is 5.91 Å². The fourth-order valence-electron chi connectivity index (χ4n) is 2.51. The normalized spacial score (nSPS) is 22.2. The smallest absolute Gasteiger partial charge is 0.306 e. The molecule has 0 saturated heterocycles. The number of aliphatic carboxylic acids is 1. The number of carboxylic acids is 1. The van der Waals surface area contributed by atoms with Crippen molar-refractivity contribution in [2.75, 3.05) is 0 Å². The summed E-state index contributed by atoms with van der Waals surface area (Å²) >= 11 is 5.71. The van der Waals surface area contributed by atoms with E-state index < -0.39 is 17.8 Å². The molecular weight excluding hydrogens is 282 g/mol. The molecule has 1 amide bonds. The molecule has 20 heavy (non-hydrogen) atoms. The average Bonchev–Trinajstić information content (AvgIpc) is 2.38. The van der Waals surface area contributed by atoms with Crippen molar-refractivity contribution >= 4 is 23.5 Å².